The van der Waals surface area contributed by atoms with Gasteiger partial charge < -0.3 is 33.8 Å². The number of ether oxygens (including phenoxy) is 4. The highest BCUT2D eigenvalue weighted by Gasteiger charge is 2.31. The van der Waals surface area contributed by atoms with E-state index in [0.29, 0.717) is 25.7 Å². The maximum absolute atomic E-state index is 13.2. The van der Waals surface area contributed by atoms with Gasteiger partial charge in [-0.15, -0.1) is 0 Å². The average Bonchev–Trinajstić information content (AvgIpc) is 0.905. The van der Waals surface area contributed by atoms with Crippen LogP contribution in [0.4, 0.5) is 0 Å². The lowest BCUT2D eigenvalue weighted by Gasteiger charge is -2.21. The minimum Gasteiger partial charge on any atom is -0.462 e. The minimum atomic E-state index is -4.97. The van der Waals surface area contributed by atoms with Gasteiger partial charge >= 0.3 is 39.5 Å². The second-order valence-electron chi connectivity index (χ2n) is 33.2. The second kappa shape index (κ2) is 83.5. The van der Waals surface area contributed by atoms with Crippen molar-refractivity contribution >= 4 is 39.5 Å². The number of aliphatic hydroxyl groups is 1. The molecule has 0 aromatic carbocycles. The Kier molecular flexibility index (Phi) is 82.1. The monoisotopic (exact) mass is 1610 g/mol. The predicted molar refractivity (Wildman–Crippen MR) is 455 cm³/mol. The van der Waals surface area contributed by atoms with Gasteiger partial charge in [-0.05, 0) is 31.6 Å². The van der Waals surface area contributed by atoms with E-state index in [1.807, 2.05) is 0 Å². The highest BCUT2D eigenvalue weighted by molar-refractivity contribution is 7.47. The Bertz CT molecular complexity index is 2080. The van der Waals surface area contributed by atoms with Crippen molar-refractivity contribution in [3.8, 4) is 0 Å². The van der Waals surface area contributed by atoms with E-state index >= 15 is 0 Å². The summed E-state index contributed by atoms with van der Waals surface area (Å²) < 4.78 is 69.1. The van der Waals surface area contributed by atoms with Crippen LogP contribution in [0.25, 0.3) is 0 Å². The van der Waals surface area contributed by atoms with Gasteiger partial charge in [0.1, 0.15) is 19.3 Å². The number of carbonyl (C=O) groups is 4. The Morgan fingerprint density at radius 1 is 0.245 bits per heavy atom. The summed E-state index contributed by atoms with van der Waals surface area (Å²) in [4.78, 5) is 73.4. The molecule has 654 valence electrons. The van der Waals surface area contributed by atoms with E-state index in [2.05, 4.69) is 34.6 Å². The third-order valence-corrected chi connectivity index (χ3v) is 23.4. The Labute approximate surface area is 677 Å². The van der Waals surface area contributed by atoms with Gasteiger partial charge in [-0.3, -0.25) is 37.3 Å². The van der Waals surface area contributed by atoms with Crippen LogP contribution in [0.5, 0.6) is 0 Å². The zero-order valence-electron chi connectivity index (χ0n) is 72.4. The normalized spacial score (nSPS) is 13.7. The van der Waals surface area contributed by atoms with Gasteiger partial charge in [-0.1, -0.05) is 446 Å². The molecular weight excluding hydrogens is 1430 g/mol. The molecule has 110 heavy (non-hydrogen) atoms. The quantitative estimate of drug-likeness (QED) is 0.0222. The van der Waals surface area contributed by atoms with Crippen LogP contribution in [-0.2, 0) is 65.4 Å². The van der Waals surface area contributed by atoms with Gasteiger partial charge in [-0.25, -0.2) is 9.13 Å². The summed E-state index contributed by atoms with van der Waals surface area (Å²) in [5, 5.41) is 10.7. The van der Waals surface area contributed by atoms with Crippen LogP contribution < -0.4 is 0 Å². The predicted octanol–water partition coefficient (Wildman–Crippen LogP) is 28.3. The molecule has 0 fully saturated rings. The summed E-state index contributed by atoms with van der Waals surface area (Å²) in [6.07, 6.45) is 79.1. The average molecular weight is 1610 g/mol. The van der Waals surface area contributed by atoms with Crippen molar-refractivity contribution < 1.29 is 80.2 Å². The number of carbonyl (C=O) groups excluding carboxylic acids is 4. The first-order valence-electron chi connectivity index (χ1n) is 47.1. The number of aliphatic hydroxyl groups excluding tert-OH is 1. The van der Waals surface area contributed by atoms with E-state index in [4.69, 9.17) is 37.0 Å². The van der Waals surface area contributed by atoms with Crippen LogP contribution in [0.3, 0.4) is 0 Å². The van der Waals surface area contributed by atoms with Crippen LogP contribution in [-0.4, -0.2) is 96.7 Å². The van der Waals surface area contributed by atoms with Crippen molar-refractivity contribution in [1.29, 1.82) is 0 Å². The molecule has 2 unspecified atom stereocenters. The van der Waals surface area contributed by atoms with E-state index < -0.39 is 97.5 Å². The maximum atomic E-state index is 13.2. The fourth-order valence-corrected chi connectivity index (χ4v) is 15.9. The zero-order chi connectivity index (χ0) is 80.4. The van der Waals surface area contributed by atoms with Gasteiger partial charge in [0.2, 0.25) is 0 Å². The topological polar surface area (TPSA) is 237 Å². The van der Waals surface area contributed by atoms with E-state index in [-0.39, 0.29) is 25.7 Å². The van der Waals surface area contributed by atoms with Crippen molar-refractivity contribution in [2.24, 2.45) is 5.92 Å². The Morgan fingerprint density at radius 2 is 0.418 bits per heavy atom. The number of unbranched alkanes of at least 4 members (excludes halogenated alkanes) is 63. The van der Waals surface area contributed by atoms with Gasteiger partial charge in [0.15, 0.2) is 12.2 Å². The fourth-order valence-electron chi connectivity index (χ4n) is 14.4. The second-order valence-corrected chi connectivity index (χ2v) is 36.1. The summed E-state index contributed by atoms with van der Waals surface area (Å²) in [7, 11) is -9.94. The van der Waals surface area contributed by atoms with Crippen LogP contribution >= 0.6 is 15.6 Å². The molecule has 0 heterocycles. The Hall–Kier alpha value is -1.94. The molecule has 0 aliphatic carbocycles. The van der Waals surface area contributed by atoms with E-state index in [9.17, 15) is 43.2 Å². The first-order valence-corrected chi connectivity index (χ1v) is 50.1. The maximum Gasteiger partial charge on any atom is 0.472 e. The van der Waals surface area contributed by atoms with Gasteiger partial charge in [0.05, 0.1) is 26.4 Å². The molecule has 17 nitrogen and oxygen atoms in total. The van der Waals surface area contributed by atoms with Crippen molar-refractivity contribution in [3.63, 3.8) is 0 Å². The van der Waals surface area contributed by atoms with Crippen LogP contribution in [0.1, 0.15) is 497 Å². The third-order valence-electron chi connectivity index (χ3n) is 21.5. The Morgan fingerprint density at radius 3 is 0.618 bits per heavy atom. The molecule has 0 aromatic heterocycles. The van der Waals surface area contributed by atoms with Crippen molar-refractivity contribution in [2.45, 2.75) is 515 Å². The molecule has 0 aliphatic rings. The lowest BCUT2D eigenvalue weighted by Crippen LogP contribution is -2.30. The standard InChI is InChI=1S/C91H178O17P2/c1-6-9-12-15-18-21-24-27-29-31-32-33-34-36-42-47-52-57-62-67-72-77-91(96)108-87(81-102-89(94)75-70-65-60-55-50-45-40-38-37-39-44-48-53-58-63-68-73-84(4)5)83-106-110(99,100)104-79-85(92)78-103-109(97,98)105-82-86(80-101-88(93)74-69-64-59-54-49-43-26-23-20-17-14-11-8-3)107-90(95)76-71-66-61-56-51-46-41-35-30-28-25-22-19-16-13-10-7-2/h84-87,92H,6-83H2,1-5H3,(H,97,98)(H,99,100)/t85-,86+,87+/m0/s1. The van der Waals surface area contributed by atoms with E-state index in [0.717, 1.165) is 95.8 Å². The smallest absolute Gasteiger partial charge is 0.462 e. The number of hydrogen-bond donors (Lipinski definition) is 3. The Balaban J connectivity index is 5.25. The summed E-state index contributed by atoms with van der Waals surface area (Å²) >= 11 is 0. The molecule has 19 heteroatoms. The molecule has 5 atom stereocenters. The highest BCUT2D eigenvalue weighted by Crippen LogP contribution is 2.45. The SMILES string of the molecule is CCCCCCCCCCCCCCCCCCCCCCCC(=O)O[C@H](COC(=O)CCCCCCCCCCCCCCCCCCC(C)C)COP(=O)(O)OC[C@@H](O)COP(=O)(O)OC[C@@H](COC(=O)CCCCCCCCCCCCCCC)OC(=O)CCCCCCCCCCCCCCCCCCC. The molecule has 0 aromatic rings. The number of esters is 4. The molecule has 0 amide bonds. The lowest BCUT2D eigenvalue weighted by molar-refractivity contribution is -0.161. The van der Waals surface area contributed by atoms with E-state index in [1.54, 1.807) is 0 Å². The number of phosphoric acid groups is 2. The third kappa shape index (κ3) is 84.0. The number of hydrogen-bond acceptors (Lipinski definition) is 15. The summed E-state index contributed by atoms with van der Waals surface area (Å²) in [6, 6.07) is 0. The van der Waals surface area contributed by atoms with E-state index in [1.165, 1.54) is 321 Å². The minimum absolute atomic E-state index is 0.109. The number of phosphoric ester groups is 2. The van der Waals surface area contributed by atoms with Crippen LogP contribution in [0, 0.1) is 5.92 Å². The lowest BCUT2D eigenvalue weighted by atomic mass is 10.0. The molecule has 3 N–H and O–H groups in total. The molecule has 0 bridgehead atoms. The fraction of sp³-hybridized carbons (Fsp3) is 0.956. The van der Waals surface area contributed by atoms with Gasteiger partial charge in [-0.2, -0.15) is 0 Å². The molecule has 0 saturated heterocycles. The van der Waals surface area contributed by atoms with Crippen molar-refractivity contribution in [1.82, 2.24) is 0 Å². The van der Waals surface area contributed by atoms with Gasteiger partial charge in [0, 0.05) is 25.7 Å². The first-order chi connectivity index (χ1) is 53.5. The largest absolute Gasteiger partial charge is 0.472 e. The molecule has 0 radical (unpaired) electrons. The summed E-state index contributed by atoms with van der Waals surface area (Å²) in [5.74, 6) is -1.28. The van der Waals surface area contributed by atoms with Crippen LogP contribution in [0.2, 0.25) is 0 Å². The molecule has 0 spiro atoms. The van der Waals surface area contributed by atoms with Crippen molar-refractivity contribution in [2.75, 3.05) is 39.6 Å². The molecule has 0 rings (SSSR count). The molecule has 0 aliphatic heterocycles. The summed E-state index contributed by atoms with van der Waals surface area (Å²) in [6.45, 7) is 7.44. The molecular formula is C91H178O17P2. The highest BCUT2D eigenvalue weighted by atomic mass is 31.2. The van der Waals surface area contributed by atoms with Crippen LogP contribution in [0.15, 0.2) is 0 Å². The van der Waals surface area contributed by atoms with Crippen molar-refractivity contribution in [3.05, 3.63) is 0 Å². The van der Waals surface area contributed by atoms with Gasteiger partial charge in [0.25, 0.3) is 0 Å². The number of rotatable bonds is 91. The first kappa shape index (κ1) is 108. The summed E-state index contributed by atoms with van der Waals surface area (Å²) in [5.41, 5.74) is 0. The zero-order valence-corrected chi connectivity index (χ0v) is 74.2. The molecule has 0 saturated carbocycles.